The molecule has 0 aromatic carbocycles. The van der Waals surface area contributed by atoms with Crippen LogP contribution >= 0.6 is 11.6 Å². The second-order valence-electron chi connectivity index (χ2n) is 7.27. The van der Waals surface area contributed by atoms with Crippen molar-refractivity contribution in [1.29, 1.82) is 0 Å². The Morgan fingerprint density at radius 1 is 1.29 bits per heavy atom. The molecule has 1 amide bonds. The number of carbonyl (C=O) groups is 1. The molecule has 2 N–H and O–H groups in total. The lowest BCUT2D eigenvalue weighted by Gasteiger charge is -2.17. The minimum atomic E-state index is -0.481. The Hall–Kier alpha value is -2.65. The second-order valence-corrected chi connectivity index (χ2v) is 7.70. The van der Waals surface area contributed by atoms with Gasteiger partial charge in [0.25, 0.3) is 0 Å². The van der Waals surface area contributed by atoms with Crippen LogP contribution < -0.4 is 10.6 Å². The van der Waals surface area contributed by atoms with Gasteiger partial charge in [-0.05, 0) is 39.8 Å². The predicted octanol–water partition coefficient (Wildman–Crippen LogP) is 4.19. The topological polar surface area (TPSA) is 79.8 Å². The molecular weight excluding hydrogens is 374 g/mol. The summed E-state index contributed by atoms with van der Waals surface area (Å²) in [4.78, 5) is 25.2. The number of pyridine rings is 1. The molecule has 0 aliphatic rings. The molecule has 0 saturated carbocycles. The zero-order valence-corrected chi connectivity index (χ0v) is 17.9. The van der Waals surface area contributed by atoms with E-state index >= 15 is 0 Å². The van der Waals surface area contributed by atoms with Crippen molar-refractivity contribution in [2.45, 2.75) is 47.0 Å². The van der Waals surface area contributed by atoms with E-state index in [1.807, 2.05) is 47.6 Å². The number of aryl methyl sites for hydroxylation is 1. The number of nitrogens with one attached hydrogen (secondary N) is 2. The molecule has 0 aliphatic carbocycles. The van der Waals surface area contributed by atoms with Crippen molar-refractivity contribution in [3.63, 3.8) is 0 Å². The second kappa shape index (κ2) is 9.03. The van der Waals surface area contributed by atoms with Gasteiger partial charge in [0.15, 0.2) is 0 Å². The Morgan fingerprint density at radius 3 is 2.57 bits per heavy atom. The summed E-state index contributed by atoms with van der Waals surface area (Å²) in [6.45, 7) is 12.1. The predicted molar refractivity (Wildman–Crippen MR) is 114 cm³/mol. The molecule has 0 fully saturated rings. The highest BCUT2D eigenvalue weighted by Gasteiger charge is 2.20. The molecule has 28 heavy (non-hydrogen) atoms. The fourth-order valence-corrected chi connectivity index (χ4v) is 2.47. The highest BCUT2D eigenvalue weighted by Crippen LogP contribution is 2.23. The van der Waals surface area contributed by atoms with Gasteiger partial charge in [0, 0.05) is 18.7 Å². The maximum absolute atomic E-state index is 12.0. The van der Waals surface area contributed by atoms with Crippen molar-refractivity contribution in [3.05, 3.63) is 40.3 Å². The number of rotatable bonds is 5. The Bertz CT molecular complexity index is 911. The number of aromatic nitrogens is 3. The van der Waals surface area contributed by atoms with Gasteiger partial charge in [-0.1, -0.05) is 37.3 Å². The monoisotopic (exact) mass is 399 g/mol. The summed E-state index contributed by atoms with van der Waals surface area (Å²) in [7, 11) is 0. The number of halogens is 1. The van der Waals surface area contributed by atoms with Crippen LogP contribution in [0.2, 0.25) is 5.02 Å². The fourth-order valence-electron chi connectivity index (χ4n) is 2.36. The first-order valence-corrected chi connectivity index (χ1v) is 9.60. The van der Waals surface area contributed by atoms with Gasteiger partial charge in [0.05, 0.1) is 27.4 Å². The largest absolute Gasteiger partial charge is 0.369 e. The normalized spacial score (nSPS) is 11.0. The first-order chi connectivity index (χ1) is 13.1. The van der Waals surface area contributed by atoms with Crippen LogP contribution in [0, 0.1) is 24.7 Å². The van der Waals surface area contributed by atoms with Crippen molar-refractivity contribution < 1.29 is 4.79 Å². The molecule has 0 aliphatic heterocycles. The number of anilines is 2. The molecule has 0 saturated heterocycles. The summed E-state index contributed by atoms with van der Waals surface area (Å²) < 4.78 is 0. The average Bonchev–Trinajstić information content (AvgIpc) is 2.61. The maximum Gasteiger partial charge on any atom is 0.231 e. The van der Waals surface area contributed by atoms with E-state index in [2.05, 4.69) is 37.4 Å². The zero-order valence-electron chi connectivity index (χ0n) is 17.1. The molecule has 0 radical (unpaired) electrons. The molecule has 0 atom stereocenters. The molecular formula is C21H26ClN5O. The lowest BCUT2D eigenvalue weighted by atomic mass is 9.89. The van der Waals surface area contributed by atoms with Crippen LogP contribution in [0.15, 0.2) is 18.3 Å². The molecule has 0 unspecified atom stereocenters. The fraction of sp³-hybridized carbons (Fsp3) is 0.429. The summed E-state index contributed by atoms with van der Waals surface area (Å²) in [6.07, 6.45) is 1.62. The lowest BCUT2D eigenvalue weighted by molar-refractivity contribution is -0.118. The SMILES string of the molecule is CCNc1nc(NC(=O)C(C)C)nc(C)c1C#CC(C)(C)c1ccc(Cl)cn1. The van der Waals surface area contributed by atoms with E-state index in [1.54, 1.807) is 12.3 Å². The van der Waals surface area contributed by atoms with Gasteiger partial charge in [0.1, 0.15) is 5.82 Å². The van der Waals surface area contributed by atoms with Crippen LogP contribution in [0.3, 0.4) is 0 Å². The molecule has 0 bridgehead atoms. The van der Waals surface area contributed by atoms with Crippen LogP contribution in [0.1, 0.15) is 51.6 Å². The van der Waals surface area contributed by atoms with Crippen LogP contribution in [0.4, 0.5) is 11.8 Å². The third-order valence-corrected chi connectivity index (χ3v) is 4.28. The van der Waals surface area contributed by atoms with Crippen LogP contribution in [-0.2, 0) is 10.2 Å². The summed E-state index contributed by atoms with van der Waals surface area (Å²) in [5.41, 5.74) is 1.74. The minimum Gasteiger partial charge on any atom is -0.369 e. The Balaban J connectivity index is 2.41. The van der Waals surface area contributed by atoms with Gasteiger partial charge in [-0.2, -0.15) is 4.98 Å². The van der Waals surface area contributed by atoms with Crippen LogP contribution in [-0.4, -0.2) is 27.4 Å². The van der Waals surface area contributed by atoms with Gasteiger partial charge in [0.2, 0.25) is 11.9 Å². The number of carbonyl (C=O) groups excluding carboxylic acids is 1. The Kier molecular flexibility index (Phi) is 6.98. The molecule has 2 aromatic rings. The van der Waals surface area contributed by atoms with Gasteiger partial charge in [-0.25, -0.2) is 4.98 Å². The van der Waals surface area contributed by atoms with Crippen molar-refractivity contribution in [2.75, 3.05) is 17.2 Å². The van der Waals surface area contributed by atoms with Gasteiger partial charge in [-0.15, -0.1) is 0 Å². The molecule has 148 valence electrons. The molecule has 6 nitrogen and oxygen atoms in total. The van der Waals surface area contributed by atoms with Gasteiger partial charge in [-0.3, -0.25) is 15.1 Å². The standard InChI is InChI=1S/C21H26ClN5O/c1-7-23-18-16(14(4)25-20(26-18)27-19(28)13(2)3)10-11-21(5,6)17-9-8-15(22)12-24-17/h8-9,12-13H,7H2,1-6H3,(H2,23,25,26,27,28). The Morgan fingerprint density at radius 2 is 2.00 bits per heavy atom. The molecule has 2 rings (SSSR count). The third-order valence-electron chi connectivity index (χ3n) is 4.06. The van der Waals surface area contributed by atoms with Gasteiger partial charge < -0.3 is 5.32 Å². The molecule has 2 heterocycles. The first kappa shape index (κ1) is 21.6. The lowest BCUT2D eigenvalue weighted by Crippen LogP contribution is -2.20. The number of hydrogen-bond acceptors (Lipinski definition) is 5. The van der Waals surface area contributed by atoms with Crippen LogP contribution in [0.25, 0.3) is 0 Å². The van der Waals surface area contributed by atoms with E-state index in [-0.39, 0.29) is 17.8 Å². The van der Waals surface area contributed by atoms with E-state index in [0.29, 0.717) is 28.6 Å². The summed E-state index contributed by atoms with van der Waals surface area (Å²) in [5, 5.41) is 6.53. The van der Waals surface area contributed by atoms with Crippen molar-refractivity contribution in [3.8, 4) is 11.8 Å². The van der Waals surface area contributed by atoms with E-state index in [9.17, 15) is 4.79 Å². The van der Waals surface area contributed by atoms with Crippen molar-refractivity contribution in [1.82, 2.24) is 15.0 Å². The summed E-state index contributed by atoms with van der Waals surface area (Å²) in [5.74, 6) is 7.06. The van der Waals surface area contributed by atoms with Crippen LogP contribution in [0.5, 0.6) is 0 Å². The quantitative estimate of drug-likeness (QED) is 0.737. The third kappa shape index (κ3) is 5.43. The van der Waals surface area contributed by atoms with E-state index in [4.69, 9.17) is 11.6 Å². The molecule has 7 heteroatoms. The smallest absolute Gasteiger partial charge is 0.231 e. The number of amides is 1. The zero-order chi connectivity index (χ0) is 20.9. The van der Waals surface area contributed by atoms with Crippen molar-refractivity contribution >= 4 is 29.3 Å². The van der Waals surface area contributed by atoms with E-state index in [0.717, 1.165) is 5.69 Å². The summed E-state index contributed by atoms with van der Waals surface area (Å²) in [6, 6.07) is 3.67. The van der Waals surface area contributed by atoms with Crippen molar-refractivity contribution in [2.24, 2.45) is 5.92 Å². The van der Waals surface area contributed by atoms with E-state index in [1.165, 1.54) is 0 Å². The number of nitrogens with zero attached hydrogens (tertiary/aromatic N) is 3. The minimum absolute atomic E-state index is 0.129. The van der Waals surface area contributed by atoms with E-state index < -0.39 is 5.41 Å². The highest BCUT2D eigenvalue weighted by molar-refractivity contribution is 6.30. The molecule has 0 spiro atoms. The maximum atomic E-state index is 12.0. The average molecular weight is 400 g/mol. The summed E-state index contributed by atoms with van der Waals surface area (Å²) >= 11 is 5.93. The molecule has 2 aromatic heterocycles. The first-order valence-electron chi connectivity index (χ1n) is 9.22. The Labute approximate surface area is 171 Å². The van der Waals surface area contributed by atoms with Gasteiger partial charge >= 0.3 is 0 Å². The number of hydrogen-bond donors (Lipinski definition) is 2. The highest BCUT2D eigenvalue weighted by atomic mass is 35.5.